The molecule has 0 saturated heterocycles. The monoisotopic (exact) mass is 250 g/mol. The van der Waals surface area contributed by atoms with E-state index >= 15 is 0 Å². The third-order valence-electron chi connectivity index (χ3n) is 4.18. The van der Waals surface area contributed by atoms with Crippen molar-refractivity contribution in [2.45, 2.75) is 66.3 Å². The largest absolute Gasteiger partial charge is 0.299 e. The van der Waals surface area contributed by atoms with Gasteiger partial charge in [-0.3, -0.25) is 9.48 Å². The van der Waals surface area contributed by atoms with E-state index in [9.17, 15) is 4.79 Å². The van der Waals surface area contributed by atoms with Gasteiger partial charge in [-0.25, -0.2) is 0 Å². The van der Waals surface area contributed by atoms with Crippen LogP contribution in [-0.2, 0) is 10.3 Å². The van der Waals surface area contributed by atoms with Crippen LogP contribution in [0.2, 0.25) is 0 Å². The van der Waals surface area contributed by atoms with Gasteiger partial charge in [-0.05, 0) is 39.2 Å². The normalized spacial score (nSPS) is 16.3. The molecule has 0 amide bonds. The molecule has 0 bridgehead atoms. The molecule has 1 heterocycles. The third kappa shape index (κ3) is 3.01. The molecule has 0 fully saturated rings. The Hall–Kier alpha value is -1.12. The van der Waals surface area contributed by atoms with Crippen LogP contribution < -0.4 is 0 Å². The molecular weight excluding hydrogens is 224 g/mol. The van der Waals surface area contributed by atoms with Gasteiger partial charge in [0.05, 0.1) is 11.2 Å². The number of carbonyl (C=O) groups is 1. The summed E-state index contributed by atoms with van der Waals surface area (Å²) in [5.74, 6) is 0.487. The number of hydrogen-bond donors (Lipinski definition) is 0. The van der Waals surface area contributed by atoms with Gasteiger partial charge in [0, 0.05) is 18.5 Å². The highest BCUT2D eigenvalue weighted by molar-refractivity contribution is 5.81. The van der Waals surface area contributed by atoms with Crippen molar-refractivity contribution >= 4 is 5.78 Å². The first-order chi connectivity index (χ1) is 8.34. The Kier molecular flexibility index (Phi) is 4.71. The molecule has 18 heavy (non-hydrogen) atoms. The van der Waals surface area contributed by atoms with E-state index in [1.165, 1.54) is 5.56 Å². The van der Waals surface area contributed by atoms with E-state index in [-0.39, 0.29) is 11.5 Å². The van der Waals surface area contributed by atoms with E-state index in [4.69, 9.17) is 0 Å². The maximum atomic E-state index is 12.2. The van der Waals surface area contributed by atoms with Crippen LogP contribution in [0.3, 0.4) is 0 Å². The first kappa shape index (κ1) is 14.9. The molecule has 0 spiro atoms. The fourth-order valence-corrected chi connectivity index (χ4v) is 1.97. The van der Waals surface area contributed by atoms with E-state index in [1.807, 2.05) is 18.5 Å². The van der Waals surface area contributed by atoms with Crippen molar-refractivity contribution in [2.75, 3.05) is 0 Å². The Balaban J connectivity index is 2.95. The predicted octanol–water partition coefficient (Wildman–Crippen LogP) is 3.63. The third-order valence-corrected chi connectivity index (χ3v) is 4.18. The van der Waals surface area contributed by atoms with Crippen molar-refractivity contribution in [3.05, 3.63) is 17.5 Å². The van der Waals surface area contributed by atoms with Crippen molar-refractivity contribution in [2.24, 2.45) is 5.92 Å². The van der Waals surface area contributed by atoms with E-state index in [1.54, 1.807) is 0 Å². The van der Waals surface area contributed by atoms with Crippen molar-refractivity contribution in [3.63, 3.8) is 0 Å². The molecular formula is C15H26N2O. The summed E-state index contributed by atoms with van der Waals surface area (Å²) in [4.78, 5) is 12.2. The lowest BCUT2D eigenvalue weighted by Crippen LogP contribution is -2.34. The lowest BCUT2D eigenvalue weighted by Gasteiger charge is -2.29. The number of carbonyl (C=O) groups excluding carboxylic acids is 1. The van der Waals surface area contributed by atoms with Crippen LogP contribution in [0.25, 0.3) is 0 Å². The summed E-state index contributed by atoms with van der Waals surface area (Å²) in [6, 6.07) is 0. The SMILES string of the molecule is CCC(C)C(=O)CC(C)(CC)n1cc(C)c(C)n1. The first-order valence-electron chi connectivity index (χ1n) is 6.90. The minimum absolute atomic E-state index is 0.147. The Morgan fingerprint density at radius 3 is 2.44 bits per heavy atom. The highest BCUT2D eigenvalue weighted by Crippen LogP contribution is 2.27. The Morgan fingerprint density at radius 1 is 1.44 bits per heavy atom. The molecule has 0 aliphatic rings. The van der Waals surface area contributed by atoms with Crippen LogP contribution in [0, 0.1) is 19.8 Å². The molecule has 3 heteroatoms. The van der Waals surface area contributed by atoms with Gasteiger partial charge >= 0.3 is 0 Å². The van der Waals surface area contributed by atoms with Crippen LogP contribution >= 0.6 is 0 Å². The Labute approximate surface area is 111 Å². The van der Waals surface area contributed by atoms with E-state index in [0.717, 1.165) is 18.5 Å². The molecule has 0 aromatic carbocycles. The zero-order valence-corrected chi connectivity index (χ0v) is 12.6. The van der Waals surface area contributed by atoms with Gasteiger partial charge in [0.2, 0.25) is 0 Å². The average Bonchev–Trinajstić information content (AvgIpc) is 2.68. The number of hydrogen-bond acceptors (Lipinski definition) is 2. The highest BCUT2D eigenvalue weighted by atomic mass is 16.1. The predicted molar refractivity (Wildman–Crippen MR) is 74.7 cm³/mol. The molecule has 1 rings (SSSR count). The quantitative estimate of drug-likeness (QED) is 0.772. The molecule has 102 valence electrons. The molecule has 0 aliphatic heterocycles. The minimum atomic E-state index is -0.195. The smallest absolute Gasteiger partial charge is 0.138 e. The zero-order chi connectivity index (χ0) is 13.9. The number of ketones is 1. The molecule has 0 aliphatic carbocycles. The fourth-order valence-electron chi connectivity index (χ4n) is 1.97. The molecule has 1 aromatic heterocycles. The summed E-state index contributed by atoms with van der Waals surface area (Å²) in [5.41, 5.74) is 2.04. The van der Waals surface area contributed by atoms with Gasteiger partial charge in [-0.2, -0.15) is 5.10 Å². The summed E-state index contributed by atoms with van der Waals surface area (Å²) in [5, 5.41) is 4.56. The second kappa shape index (κ2) is 5.68. The number of nitrogens with zero attached hydrogens (tertiary/aromatic N) is 2. The van der Waals surface area contributed by atoms with E-state index in [0.29, 0.717) is 12.2 Å². The lowest BCUT2D eigenvalue weighted by molar-refractivity contribution is -0.124. The number of aryl methyl sites for hydroxylation is 2. The number of rotatable bonds is 6. The van der Waals surface area contributed by atoms with Crippen LogP contribution in [-0.4, -0.2) is 15.6 Å². The molecule has 0 radical (unpaired) electrons. The van der Waals surface area contributed by atoms with Gasteiger partial charge in [-0.1, -0.05) is 20.8 Å². The van der Waals surface area contributed by atoms with Crippen LogP contribution in [0.4, 0.5) is 0 Å². The topological polar surface area (TPSA) is 34.9 Å². The van der Waals surface area contributed by atoms with Gasteiger partial charge in [-0.15, -0.1) is 0 Å². The fraction of sp³-hybridized carbons (Fsp3) is 0.733. The summed E-state index contributed by atoms with van der Waals surface area (Å²) in [6.45, 7) is 12.4. The van der Waals surface area contributed by atoms with Crippen LogP contribution in [0.1, 0.15) is 58.2 Å². The first-order valence-corrected chi connectivity index (χ1v) is 6.90. The Bertz CT molecular complexity index is 403. The summed E-state index contributed by atoms with van der Waals surface area (Å²) in [7, 11) is 0. The van der Waals surface area contributed by atoms with Crippen molar-refractivity contribution in [1.29, 1.82) is 0 Å². The summed E-state index contributed by atoms with van der Waals surface area (Å²) < 4.78 is 1.98. The standard InChI is InChI=1S/C15H26N2O/c1-7-11(3)14(18)9-15(6,8-2)17-10-12(4)13(5)16-17/h10-11H,7-9H2,1-6H3. The molecule has 2 unspecified atom stereocenters. The second-order valence-electron chi connectivity index (χ2n) is 5.64. The summed E-state index contributed by atoms with van der Waals surface area (Å²) >= 11 is 0. The van der Waals surface area contributed by atoms with Gasteiger partial charge in [0.1, 0.15) is 5.78 Å². The van der Waals surface area contributed by atoms with Crippen LogP contribution in [0.5, 0.6) is 0 Å². The molecule has 0 saturated carbocycles. The zero-order valence-electron chi connectivity index (χ0n) is 12.6. The summed E-state index contributed by atoms with van der Waals surface area (Å²) in [6.07, 6.45) is 4.45. The molecule has 2 atom stereocenters. The lowest BCUT2D eigenvalue weighted by atomic mass is 9.87. The van der Waals surface area contributed by atoms with Gasteiger partial charge in [0.15, 0.2) is 0 Å². The van der Waals surface area contributed by atoms with Crippen molar-refractivity contribution in [1.82, 2.24) is 9.78 Å². The highest BCUT2D eigenvalue weighted by Gasteiger charge is 2.30. The van der Waals surface area contributed by atoms with E-state index < -0.39 is 0 Å². The number of aromatic nitrogens is 2. The minimum Gasteiger partial charge on any atom is -0.299 e. The molecule has 0 N–H and O–H groups in total. The number of Topliss-reactive ketones (excluding diaryl/α,β-unsaturated/α-hetero) is 1. The van der Waals surface area contributed by atoms with Gasteiger partial charge in [0.25, 0.3) is 0 Å². The van der Waals surface area contributed by atoms with Crippen LogP contribution in [0.15, 0.2) is 6.20 Å². The Morgan fingerprint density at radius 2 is 2.06 bits per heavy atom. The molecule has 1 aromatic rings. The molecule has 3 nitrogen and oxygen atoms in total. The van der Waals surface area contributed by atoms with Gasteiger partial charge < -0.3 is 0 Å². The van der Waals surface area contributed by atoms with Crippen molar-refractivity contribution < 1.29 is 4.79 Å². The van der Waals surface area contributed by atoms with Crippen molar-refractivity contribution in [3.8, 4) is 0 Å². The van der Waals surface area contributed by atoms with E-state index in [2.05, 4.69) is 39.0 Å². The maximum absolute atomic E-state index is 12.2. The maximum Gasteiger partial charge on any atom is 0.138 e. The second-order valence-corrected chi connectivity index (χ2v) is 5.64. The average molecular weight is 250 g/mol.